The number of nitrogens with zero attached hydrogens (tertiary/aromatic N) is 2. The maximum absolute atomic E-state index is 12.4. The van der Waals surface area contributed by atoms with E-state index in [1.807, 2.05) is 54.6 Å². The van der Waals surface area contributed by atoms with Gasteiger partial charge in [0.05, 0.1) is 19.3 Å². The summed E-state index contributed by atoms with van der Waals surface area (Å²) in [5.74, 6) is 1.47. The zero-order valence-electron chi connectivity index (χ0n) is 15.5. The quantitative estimate of drug-likeness (QED) is 0.884. The third-order valence-electron chi connectivity index (χ3n) is 4.88. The minimum absolute atomic E-state index is 0.00371. The molecule has 0 aliphatic carbocycles. The Balaban J connectivity index is 1.35. The van der Waals surface area contributed by atoms with E-state index in [0.29, 0.717) is 45.0 Å². The van der Waals surface area contributed by atoms with Gasteiger partial charge in [-0.1, -0.05) is 18.2 Å². The monoisotopic (exact) mass is 381 g/mol. The average Bonchev–Trinajstić information content (AvgIpc) is 3.10. The number of ether oxygens (including phenoxy) is 2. The van der Waals surface area contributed by atoms with Crippen LogP contribution in [0.2, 0.25) is 0 Å². The molecule has 2 heterocycles. The van der Waals surface area contributed by atoms with E-state index in [1.54, 1.807) is 9.80 Å². The molecule has 28 heavy (non-hydrogen) atoms. The molecule has 2 fully saturated rings. The molecule has 2 aliphatic heterocycles. The average molecular weight is 381 g/mol. The molecule has 146 valence electrons. The zero-order valence-corrected chi connectivity index (χ0v) is 15.5. The predicted molar refractivity (Wildman–Crippen MR) is 105 cm³/mol. The van der Waals surface area contributed by atoms with Gasteiger partial charge in [0.15, 0.2) is 0 Å². The second kappa shape index (κ2) is 8.31. The molecule has 2 aromatic carbocycles. The van der Waals surface area contributed by atoms with Gasteiger partial charge in [0.2, 0.25) is 5.91 Å². The van der Waals surface area contributed by atoms with Crippen LogP contribution in [0.3, 0.4) is 0 Å². The molecule has 4 rings (SSSR count). The van der Waals surface area contributed by atoms with Crippen LogP contribution in [0.25, 0.3) is 0 Å². The van der Waals surface area contributed by atoms with Gasteiger partial charge < -0.3 is 24.6 Å². The lowest BCUT2D eigenvalue weighted by Crippen LogP contribution is -2.49. The van der Waals surface area contributed by atoms with Gasteiger partial charge in [0, 0.05) is 31.7 Å². The van der Waals surface area contributed by atoms with Crippen LogP contribution >= 0.6 is 0 Å². The first-order valence-corrected chi connectivity index (χ1v) is 9.45. The molecule has 1 unspecified atom stereocenters. The molecule has 2 aromatic rings. The van der Waals surface area contributed by atoms with Gasteiger partial charge in [-0.3, -0.25) is 4.79 Å². The summed E-state index contributed by atoms with van der Waals surface area (Å²) >= 11 is 0. The fourth-order valence-corrected chi connectivity index (χ4v) is 3.40. The lowest BCUT2D eigenvalue weighted by molar-refractivity contribution is -0.117. The molecule has 0 aromatic heterocycles. The van der Waals surface area contributed by atoms with Gasteiger partial charge >= 0.3 is 6.03 Å². The Kier molecular flexibility index (Phi) is 5.43. The maximum atomic E-state index is 12.4. The molecule has 0 radical (unpaired) electrons. The number of nitrogens with one attached hydrogen (secondary N) is 1. The zero-order chi connectivity index (χ0) is 19.3. The lowest BCUT2D eigenvalue weighted by Gasteiger charge is -2.28. The van der Waals surface area contributed by atoms with E-state index in [9.17, 15) is 9.59 Å². The molecule has 1 atom stereocenters. The number of para-hydroxylation sites is 1. The van der Waals surface area contributed by atoms with E-state index < -0.39 is 0 Å². The molecule has 0 spiro atoms. The number of urea groups is 1. The van der Waals surface area contributed by atoms with Gasteiger partial charge in [-0.15, -0.1) is 0 Å². The summed E-state index contributed by atoms with van der Waals surface area (Å²) in [6.07, 6.45) is 0.304. The molecular weight excluding hydrogens is 358 g/mol. The van der Waals surface area contributed by atoms with Crippen molar-refractivity contribution in [3.05, 3.63) is 54.6 Å². The number of benzene rings is 2. The second-order valence-corrected chi connectivity index (χ2v) is 6.86. The van der Waals surface area contributed by atoms with Gasteiger partial charge in [-0.2, -0.15) is 0 Å². The van der Waals surface area contributed by atoms with Crippen molar-refractivity contribution in [1.82, 2.24) is 10.2 Å². The van der Waals surface area contributed by atoms with Crippen molar-refractivity contribution in [3.63, 3.8) is 0 Å². The number of amides is 3. The summed E-state index contributed by atoms with van der Waals surface area (Å²) < 4.78 is 11.1. The Hall–Kier alpha value is -3.06. The summed E-state index contributed by atoms with van der Waals surface area (Å²) in [6, 6.07) is 16.6. The van der Waals surface area contributed by atoms with Crippen molar-refractivity contribution in [2.24, 2.45) is 0 Å². The third-order valence-corrected chi connectivity index (χ3v) is 4.88. The first-order valence-electron chi connectivity index (χ1n) is 9.45. The van der Waals surface area contributed by atoms with Gasteiger partial charge in [-0.25, -0.2) is 4.79 Å². The highest BCUT2D eigenvalue weighted by molar-refractivity contribution is 5.96. The number of anilines is 1. The maximum Gasteiger partial charge on any atom is 0.317 e. The lowest BCUT2D eigenvalue weighted by atomic mass is 10.2. The van der Waals surface area contributed by atoms with Crippen LogP contribution in [0.5, 0.6) is 11.5 Å². The number of morpholine rings is 1. The van der Waals surface area contributed by atoms with Gasteiger partial charge in [0.1, 0.15) is 11.5 Å². The van der Waals surface area contributed by atoms with E-state index in [4.69, 9.17) is 9.47 Å². The summed E-state index contributed by atoms with van der Waals surface area (Å²) in [5, 5.41) is 2.97. The van der Waals surface area contributed by atoms with Crippen LogP contribution in [0.15, 0.2) is 54.6 Å². The fourth-order valence-electron chi connectivity index (χ4n) is 3.40. The van der Waals surface area contributed by atoms with Gasteiger partial charge in [-0.05, 0) is 36.4 Å². The van der Waals surface area contributed by atoms with E-state index >= 15 is 0 Å². The SMILES string of the molecule is O=C(NC1CC(=O)N(c2ccc(Oc3ccccc3)cc2)C1)N1CCOCC1. The van der Waals surface area contributed by atoms with Crippen molar-refractivity contribution in [1.29, 1.82) is 0 Å². The van der Waals surface area contributed by atoms with Crippen LogP contribution in [-0.2, 0) is 9.53 Å². The molecule has 7 heteroatoms. The summed E-state index contributed by atoms with van der Waals surface area (Å²) in [4.78, 5) is 28.2. The normalized spacial score (nSPS) is 19.6. The first-order chi connectivity index (χ1) is 13.7. The number of carbonyl (C=O) groups is 2. The molecule has 0 bridgehead atoms. The van der Waals surface area contributed by atoms with E-state index in [0.717, 1.165) is 11.4 Å². The summed E-state index contributed by atoms with van der Waals surface area (Å²) in [5.41, 5.74) is 0.800. The van der Waals surface area contributed by atoms with Crippen molar-refractivity contribution in [2.75, 3.05) is 37.7 Å². The molecule has 2 saturated heterocycles. The van der Waals surface area contributed by atoms with E-state index in [-0.39, 0.29) is 18.0 Å². The summed E-state index contributed by atoms with van der Waals surface area (Å²) in [6.45, 7) is 2.74. The van der Waals surface area contributed by atoms with Crippen LogP contribution in [0, 0.1) is 0 Å². The van der Waals surface area contributed by atoms with Crippen molar-refractivity contribution in [2.45, 2.75) is 12.5 Å². The third kappa shape index (κ3) is 4.26. The topological polar surface area (TPSA) is 71.1 Å². The molecule has 7 nitrogen and oxygen atoms in total. The van der Waals surface area contributed by atoms with Crippen LogP contribution in [0.1, 0.15) is 6.42 Å². The Morgan fingerprint density at radius 2 is 1.68 bits per heavy atom. The second-order valence-electron chi connectivity index (χ2n) is 6.86. The highest BCUT2D eigenvalue weighted by Gasteiger charge is 2.32. The first kappa shape index (κ1) is 18.3. The largest absolute Gasteiger partial charge is 0.457 e. The predicted octanol–water partition coefficient (Wildman–Crippen LogP) is 2.63. The fraction of sp³-hybridized carbons (Fsp3) is 0.333. The minimum Gasteiger partial charge on any atom is -0.457 e. The Morgan fingerprint density at radius 3 is 2.39 bits per heavy atom. The van der Waals surface area contributed by atoms with Crippen LogP contribution in [-0.4, -0.2) is 55.7 Å². The van der Waals surface area contributed by atoms with Crippen molar-refractivity contribution < 1.29 is 19.1 Å². The molecule has 2 aliphatic rings. The van der Waals surface area contributed by atoms with Crippen molar-refractivity contribution in [3.8, 4) is 11.5 Å². The minimum atomic E-state index is -0.192. The Morgan fingerprint density at radius 1 is 1.00 bits per heavy atom. The molecule has 0 saturated carbocycles. The number of hydrogen-bond donors (Lipinski definition) is 1. The highest BCUT2D eigenvalue weighted by atomic mass is 16.5. The van der Waals surface area contributed by atoms with Gasteiger partial charge in [0.25, 0.3) is 0 Å². The number of rotatable bonds is 4. The smallest absolute Gasteiger partial charge is 0.317 e. The Bertz CT molecular complexity index is 819. The Labute approximate surface area is 163 Å². The number of hydrogen-bond acceptors (Lipinski definition) is 4. The van der Waals surface area contributed by atoms with Crippen LogP contribution in [0.4, 0.5) is 10.5 Å². The van der Waals surface area contributed by atoms with Crippen LogP contribution < -0.4 is 15.0 Å². The molecule has 3 amide bonds. The molecule has 1 N–H and O–H groups in total. The highest BCUT2D eigenvalue weighted by Crippen LogP contribution is 2.27. The summed E-state index contributed by atoms with van der Waals surface area (Å²) in [7, 11) is 0. The standard InChI is InChI=1S/C21H23N3O4/c25-20-14-16(22-21(26)23-10-12-27-13-11-23)15-24(20)17-6-8-19(9-7-17)28-18-4-2-1-3-5-18/h1-9,16H,10-15H2,(H,22,26). The van der Waals surface area contributed by atoms with Crippen molar-refractivity contribution >= 4 is 17.6 Å². The molecular formula is C21H23N3O4. The number of carbonyl (C=O) groups excluding carboxylic acids is 2. The van der Waals surface area contributed by atoms with E-state index in [1.165, 1.54) is 0 Å². The van der Waals surface area contributed by atoms with E-state index in [2.05, 4.69) is 5.32 Å².